The average Bonchev–Trinajstić information content (AvgIpc) is 2.81. The van der Waals surface area contributed by atoms with Gasteiger partial charge in [0.25, 0.3) is 0 Å². The maximum atomic E-state index is 5.28. The van der Waals surface area contributed by atoms with Crippen molar-refractivity contribution in [2.75, 3.05) is 28.4 Å². The van der Waals surface area contributed by atoms with Crippen molar-refractivity contribution < 1.29 is 18.9 Å². The lowest BCUT2D eigenvalue weighted by Crippen LogP contribution is -1.90. The lowest BCUT2D eigenvalue weighted by Gasteiger charge is -2.04. The number of hydrogen-bond donors (Lipinski definition) is 0. The summed E-state index contributed by atoms with van der Waals surface area (Å²) < 4.78 is 21.1. The van der Waals surface area contributed by atoms with Gasteiger partial charge in [0.1, 0.15) is 34.4 Å². The number of nitrogens with zero attached hydrogens (tertiary/aromatic N) is 1. The third kappa shape index (κ3) is 5.47. The minimum absolute atomic E-state index is 0.617. The second-order valence-electron chi connectivity index (χ2n) is 6.11. The molecule has 5 heteroatoms. The van der Waals surface area contributed by atoms with Crippen LogP contribution >= 0.6 is 0 Å². The van der Waals surface area contributed by atoms with Gasteiger partial charge in [0.2, 0.25) is 0 Å². The van der Waals surface area contributed by atoms with E-state index in [0.717, 1.165) is 11.1 Å². The Hall–Kier alpha value is -4.09. The van der Waals surface area contributed by atoms with Crippen molar-refractivity contribution in [2.24, 2.45) is 0 Å². The van der Waals surface area contributed by atoms with Crippen molar-refractivity contribution in [3.8, 4) is 46.7 Å². The van der Waals surface area contributed by atoms with Gasteiger partial charge in [-0.15, -0.1) is 0 Å². The molecule has 0 saturated carbocycles. The first-order chi connectivity index (χ1) is 14.6. The van der Waals surface area contributed by atoms with E-state index in [9.17, 15) is 0 Å². The van der Waals surface area contributed by atoms with Crippen molar-refractivity contribution in [1.82, 2.24) is 4.98 Å². The minimum atomic E-state index is 0.617. The van der Waals surface area contributed by atoms with Crippen LogP contribution in [-0.4, -0.2) is 33.4 Å². The monoisotopic (exact) mass is 399 g/mol. The van der Waals surface area contributed by atoms with Crippen LogP contribution in [0.2, 0.25) is 0 Å². The number of benzene rings is 2. The zero-order valence-corrected chi connectivity index (χ0v) is 17.3. The van der Waals surface area contributed by atoms with Gasteiger partial charge in [-0.25, -0.2) is 4.98 Å². The van der Waals surface area contributed by atoms with Gasteiger partial charge in [0, 0.05) is 23.3 Å². The molecule has 30 heavy (non-hydrogen) atoms. The summed E-state index contributed by atoms with van der Waals surface area (Å²) in [7, 11) is 6.42. The highest BCUT2D eigenvalue weighted by atomic mass is 16.5. The molecule has 0 spiro atoms. The number of hydrogen-bond acceptors (Lipinski definition) is 5. The molecule has 1 aromatic heterocycles. The molecule has 0 bridgehead atoms. The largest absolute Gasteiger partial charge is 0.497 e. The molecule has 0 aliphatic carbocycles. The van der Waals surface area contributed by atoms with E-state index in [0.29, 0.717) is 34.4 Å². The number of rotatable bonds is 4. The molecule has 0 saturated heterocycles. The van der Waals surface area contributed by atoms with Gasteiger partial charge in [-0.3, -0.25) is 0 Å². The molecule has 150 valence electrons. The van der Waals surface area contributed by atoms with Crippen LogP contribution in [0, 0.1) is 23.7 Å². The van der Waals surface area contributed by atoms with Crippen molar-refractivity contribution in [1.29, 1.82) is 0 Å². The van der Waals surface area contributed by atoms with Gasteiger partial charge < -0.3 is 18.9 Å². The van der Waals surface area contributed by atoms with Crippen molar-refractivity contribution >= 4 is 0 Å². The average molecular weight is 399 g/mol. The van der Waals surface area contributed by atoms with Gasteiger partial charge >= 0.3 is 0 Å². The molecule has 1 heterocycles. The fourth-order valence-electron chi connectivity index (χ4n) is 2.61. The van der Waals surface area contributed by atoms with E-state index in [1.807, 2.05) is 42.5 Å². The van der Waals surface area contributed by atoms with Crippen molar-refractivity contribution in [3.63, 3.8) is 0 Å². The first-order valence-corrected chi connectivity index (χ1v) is 9.10. The molecule has 0 N–H and O–H groups in total. The Morgan fingerprint density at radius 3 is 1.23 bits per heavy atom. The van der Waals surface area contributed by atoms with Gasteiger partial charge in [0.15, 0.2) is 0 Å². The summed E-state index contributed by atoms with van der Waals surface area (Å²) in [5.41, 5.74) is 2.78. The number of ether oxygens (including phenoxy) is 4. The zero-order chi connectivity index (χ0) is 21.3. The summed E-state index contributed by atoms with van der Waals surface area (Å²) >= 11 is 0. The Kier molecular flexibility index (Phi) is 6.82. The van der Waals surface area contributed by atoms with Gasteiger partial charge in [0.05, 0.1) is 28.4 Å². The Labute approximate surface area is 176 Å². The lowest BCUT2D eigenvalue weighted by molar-refractivity contribution is 0.394. The van der Waals surface area contributed by atoms with E-state index in [4.69, 9.17) is 18.9 Å². The topological polar surface area (TPSA) is 49.8 Å². The normalized spacial score (nSPS) is 9.47. The third-order valence-corrected chi connectivity index (χ3v) is 4.12. The van der Waals surface area contributed by atoms with Crippen molar-refractivity contribution in [2.45, 2.75) is 0 Å². The first-order valence-electron chi connectivity index (χ1n) is 9.10. The van der Waals surface area contributed by atoms with E-state index in [-0.39, 0.29) is 0 Å². The van der Waals surface area contributed by atoms with E-state index >= 15 is 0 Å². The zero-order valence-electron chi connectivity index (χ0n) is 17.3. The molecule has 0 radical (unpaired) electrons. The molecule has 2 aromatic carbocycles. The molecule has 3 rings (SSSR count). The molecule has 0 aliphatic heterocycles. The van der Waals surface area contributed by atoms with Crippen LogP contribution < -0.4 is 18.9 Å². The minimum Gasteiger partial charge on any atom is -0.497 e. The van der Waals surface area contributed by atoms with E-state index in [1.165, 1.54) is 0 Å². The Bertz CT molecular complexity index is 1030. The molecule has 0 aliphatic rings. The number of methoxy groups -OCH3 is 4. The smallest absolute Gasteiger partial charge is 0.123 e. The Balaban J connectivity index is 1.86. The summed E-state index contributed by atoms with van der Waals surface area (Å²) in [6.07, 6.45) is 0. The number of aromatic nitrogens is 1. The van der Waals surface area contributed by atoms with Crippen molar-refractivity contribution in [3.05, 3.63) is 77.1 Å². The summed E-state index contributed by atoms with van der Waals surface area (Å²) in [5, 5.41) is 0. The van der Waals surface area contributed by atoms with Crippen LogP contribution in [-0.2, 0) is 0 Å². The molecule has 0 fully saturated rings. The molecule has 3 aromatic rings. The molecular weight excluding hydrogens is 378 g/mol. The maximum Gasteiger partial charge on any atom is 0.123 e. The molecule has 0 atom stereocenters. The second kappa shape index (κ2) is 9.91. The highest BCUT2D eigenvalue weighted by Gasteiger charge is 2.01. The standard InChI is InChI=1S/C25H21NO4/c1-27-22-12-18(13-23(16-22)28-2)8-10-20-6-5-7-21(26-20)11-9-19-14-24(29-3)17-25(15-19)30-4/h5-7,12-17H,1-4H3. The van der Waals surface area contributed by atoms with E-state index in [1.54, 1.807) is 40.6 Å². The Morgan fingerprint density at radius 2 is 0.900 bits per heavy atom. The summed E-state index contributed by atoms with van der Waals surface area (Å²) in [6.45, 7) is 0. The summed E-state index contributed by atoms with van der Waals surface area (Å²) in [4.78, 5) is 4.50. The molecular formula is C25H21NO4. The number of pyridine rings is 1. The van der Waals surface area contributed by atoms with Gasteiger partial charge in [-0.1, -0.05) is 17.9 Å². The van der Waals surface area contributed by atoms with Crippen LogP contribution in [0.1, 0.15) is 22.5 Å². The molecule has 0 unspecified atom stereocenters. The maximum absolute atomic E-state index is 5.28. The quantitative estimate of drug-likeness (QED) is 0.623. The SMILES string of the molecule is COc1cc(C#Cc2cccc(C#Cc3cc(OC)cc(OC)c3)n2)cc(OC)c1. The van der Waals surface area contributed by atoms with Crippen LogP contribution in [0.3, 0.4) is 0 Å². The highest BCUT2D eigenvalue weighted by Crippen LogP contribution is 2.22. The summed E-state index contributed by atoms with van der Waals surface area (Å²) in [6, 6.07) is 16.5. The fraction of sp³-hybridized carbons (Fsp3) is 0.160. The lowest BCUT2D eigenvalue weighted by atomic mass is 10.2. The highest BCUT2D eigenvalue weighted by molar-refractivity contribution is 5.50. The van der Waals surface area contributed by atoms with Crippen LogP contribution in [0.25, 0.3) is 0 Å². The van der Waals surface area contributed by atoms with Gasteiger partial charge in [-0.05, 0) is 48.2 Å². The van der Waals surface area contributed by atoms with Gasteiger partial charge in [-0.2, -0.15) is 0 Å². The van der Waals surface area contributed by atoms with Crippen LogP contribution in [0.4, 0.5) is 0 Å². The van der Waals surface area contributed by atoms with E-state index in [2.05, 4.69) is 28.7 Å². The fourth-order valence-corrected chi connectivity index (χ4v) is 2.61. The van der Waals surface area contributed by atoms with Crippen LogP contribution in [0.15, 0.2) is 54.6 Å². The predicted octanol–water partition coefficient (Wildman–Crippen LogP) is 3.92. The predicted molar refractivity (Wildman–Crippen MR) is 115 cm³/mol. The van der Waals surface area contributed by atoms with E-state index < -0.39 is 0 Å². The Morgan fingerprint density at radius 1 is 0.533 bits per heavy atom. The summed E-state index contributed by atoms with van der Waals surface area (Å²) in [5.74, 6) is 15.0. The van der Waals surface area contributed by atoms with Crippen LogP contribution in [0.5, 0.6) is 23.0 Å². The molecule has 0 amide bonds. The first kappa shape index (κ1) is 20.6. The molecule has 5 nitrogen and oxygen atoms in total. The second-order valence-corrected chi connectivity index (χ2v) is 6.11. The third-order valence-electron chi connectivity index (χ3n) is 4.12.